The zero-order chi connectivity index (χ0) is 20.8. The van der Waals surface area contributed by atoms with Gasteiger partial charge in [-0.3, -0.25) is 9.59 Å². The van der Waals surface area contributed by atoms with Gasteiger partial charge in [0.25, 0.3) is 11.8 Å². The molecule has 5 nitrogen and oxygen atoms in total. The second-order valence-corrected chi connectivity index (χ2v) is 7.51. The zero-order valence-corrected chi connectivity index (χ0v) is 17.7. The third-order valence-corrected chi connectivity index (χ3v) is 4.92. The Morgan fingerprint density at radius 1 is 0.897 bits per heavy atom. The summed E-state index contributed by atoms with van der Waals surface area (Å²) >= 11 is 3.35. The third kappa shape index (κ3) is 5.68. The first-order chi connectivity index (χ1) is 13.9. The number of halogens is 1. The topological polar surface area (TPSA) is 67.4 Å². The third-order valence-electron chi connectivity index (χ3n) is 4.39. The summed E-state index contributed by atoms with van der Waals surface area (Å²) in [5.41, 5.74) is 3.76. The molecule has 3 aromatic rings. The van der Waals surface area contributed by atoms with E-state index >= 15 is 0 Å². The van der Waals surface area contributed by atoms with Gasteiger partial charge in [0.1, 0.15) is 5.75 Å². The highest BCUT2D eigenvalue weighted by molar-refractivity contribution is 9.10. The van der Waals surface area contributed by atoms with Gasteiger partial charge in [-0.25, -0.2) is 0 Å². The van der Waals surface area contributed by atoms with Gasteiger partial charge in [0.05, 0.1) is 11.3 Å². The first kappa shape index (κ1) is 20.6. The Morgan fingerprint density at radius 2 is 1.62 bits per heavy atom. The van der Waals surface area contributed by atoms with Crippen molar-refractivity contribution in [2.75, 3.05) is 17.2 Å². The fourth-order valence-electron chi connectivity index (χ4n) is 2.67. The number of rotatable bonds is 6. The predicted octanol–water partition coefficient (Wildman–Crippen LogP) is 5.34. The van der Waals surface area contributed by atoms with Crippen LogP contribution < -0.4 is 15.4 Å². The van der Waals surface area contributed by atoms with Crippen molar-refractivity contribution < 1.29 is 14.3 Å². The van der Waals surface area contributed by atoms with Gasteiger partial charge in [-0.05, 0) is 73.5 Å². The van der Waals surface area contributed by atoms with E-state index < -0.39 is 0 Å². The van der Waals surface area contributed by atoms with Crippen molar-refractivity contribution >= 4 is 39.1 Å². The van der Waals surface area contributed by atoms with Gasteiger partial charge in [0, 0.05) is 10.2 Å². The van der Waals surface area contributed by atoms with Crippen molar-refractivity contribution in [2.24, 2.45) is 0 Å². The van der Waals surface area contributed by atoms with Gasteiger partial charge in [-0.2, -0.15) is 0 Å². The van der Waals surface area contributed by atoms with E-state index in [1.807, 2.05) is 44.2 Å². The van der Waals surface area contributed by atoms with Crippen LogP contribution in [0, 0.1) is 13.8 Å². The molecule has 0 aromatic heterocycles. The minimum Gasteiger partial charge on any atom is -0.484 e. The highest BCUT2D eigenvalue weighted by atomic mass is 79.9. The molecule has 148 valence electrons. The molecule has 0 heterocycles. The second kappa shape index (κ2) is 9.39. The monoisotopic (exact) mass is 452 g/mol. The van der Waals surface area contributed by atoms with Crippen molar-refractivity contribution in [1.82, 2.24) is 0 Å². The average Bonchev–Trinajstić information content (AvgIpc) is 2.71. The molecule has 0 atom stereocenters. The molecule has 0 aliphatic heterocycles. The first-order valence-corrected chi connectivity index (χ1v) is 9.87. The number of para-hydroxylation sites is 1. The molecule has 0 fully saturated rings. The molecule has 0 unspecified atom stereocenters. The zero-order valence-electron chi connectivity index (χ0n) is 16.2. The molecule has 3 rings (SSSR count). The molecule has 2 N–H and O–H groups in total. The molecule has 0 bridgehead atoms. The lowest BCUT2D eigenvalue weighted by Crippen LogP contribution is -2.22. The maximum atomic E-state index is 12.7. The number of carbonyl (C=O) groups is 2. The van der Waals surface area contributed by atoms with Crippen LogP contribution in [0.4, 0.5) is 11.4 Å². The highest BCUT2D eigenvalue weighted by Gasteiger charge is 2.14. The Morgan fingerprint density at radius 3 is 2.34 bits per heavy atom. The number of nitrogens with one attached hydrogen (secondary N) is 2. The number of benzene rings is 3. The first-order valence-electron chi connectivity index (χ1n) is 9.08. The van der Waals surface area contributed by atoms with Crippen LogP contribution in [-0.2, 0) is 4.79 Å². The van der Waals surface area contributed by atoms with Gasteiger partial charge in [-0.15, -0.1) is 0 Å². The molecule has 0 saturated heterocycles. The van der Waals surface area contributed by atoms with Crippen LogP contribution in [0.3, 0.4) is 0 Å². The number of hydrogen-bond acceptors (Lipinski definition) is 3. The Kier molecular flexibility index (Phi) is 6.67. The van der Waals surface area contributed by atoms with E-state index in [9.17, 15) is 9.59 Å². The Bertz CT molecular complexity index is 1030. The quantitative estimate of drug-likeness (QED) is 0.530. The summed E-state index contributed by atoms with van der Waals surface area (Å²) in [7, 11) is 0. The van der Waals surface area contributed by atoms with Crippen molar-refractivity contribution in [1.29, 1.82) is 0 Å². The van der Waals surface area contributed by atoms with Crippen LogP contribution >= 0.6 is 15.9 Å². The summed E-state index contributed by atoms with van der Waals surface area (Å²) in [6, 6.07) is 19.8. The molecule has 29 heavy (non-hydrogen) atoms. The van der Waals surface area contributed by atoms with E-state index in [0.717, 1.165) is 15.6 Å². The van der Waals surface area contributed by atoms with Crippen molar-refractivity contribution in [3.8, 4) is 5.75 Å². The molecular formula is C23H21BrN2O3. The number of carbonyl (C=O) groups excluding carboxylic acids is 2. The molecule has 0 aliphatic rings. The molecule has 0 spiro atoms. The van der Waals surface area contributed by atoms with Gasteiger partial charge in [0.15, 0.2) is 6.61 Å². The summed E-state index contributed by atoms with van der Waals surface area (Å²) < 4.78 is 6.41. The molecular weight excluding hydrogens is 432 g/mol. The van der Waals surface area contributed by atoms with Gasteiger partial charge in [0.2, 0.25) is 0 Å². The number of ether oxygens (including phenoxy) is 1. The minimum atomic E-state index is -0.348. The number of amides is 2. The van der Waals surface area contributed by atoms with E-state index in [0.29, 0.717) is 22.7 Å². The van der Waals surface area contributed by atoms with E-state index in [1.165, 1.54) is 0 Å². The molecule has 0 radical (unpaired) electrons. The van der Waals surface area contributed by atoms with Crippen LogP contribution in [-0.4, -0.2) is 18.4 Å². The van der Waals surface area contributed by atoms with Crippen LogP contribution in [0.15, 0.2) is 71.2 Å². The molecule has 6 heteroatoms. The largest absolute Gasteiger partial charge is 0.484 e. The van der Waals surface area contributed by atoms with Crippen LogP contribution in [0.1, 0.15) is 21.5 Å². The lowest BCUT2D eigenvalue weighted by Gasteiger charge is -2.13. The maximum absolute atomic E-state index is 12.7. The van der Waals surface area contributed by atoms with Gasteiger partial charge < -0.3 is 15.4 Å². The SMILES string of the molecule is Cc1ccc(NC(=O)c2ccccc2NC(=O)COc2ccc(Br)cc2)cc1C. The summed E-state index contributed by atoms with van der Waals surface area (Å²) in [6.45, 7) is 3.85. The number of anilines is 2. The van der Waals surface area contributed by atoms with Gasteiger partial charge in [-0.1, -0.05) is 34.1 Å². The van der Waals surface area contributed by atoms with E-state index in [1.54, 1.807) is 36.4 Å². The lowest BCUT2D eigenvalue weighted by molar-refractivity contribution is -0.118. The summed E-state index contributed by atoms with van der Waals surface area (Å²) in [5, 5.41) is 5.62. The Hall–Kier alpha value is -3.12. The lowest BCUT2D eigenvalue weighted by atomic mass is 10.1. The van der Waals surface area contributed by atoms with Crippen LogP contribution in [0.2, 0.25) is 0 Å². The van der Waals surface area contributed by atoms with Crippen molar-refractivity contribution in [3.63, 3.8) is 0 Å². The minimum absolute atomic E-state index is 0.158. The average molecular weight is 453 g/mol. The van der Waals surface area contributed by atoms with Crippen molar-refractivity contribution in [2.45, 2.75) is 13.8 Å². The van der Waals surface area contributed by atoms with Crippen molar-refractivity contribution in [3.05, 3.63) is 87.9 Å². The highest BCUT2D eigenvalue weighted by Crippen LogP contribution is 2.20. The van der Waals surface area contributed by atoms with Gasteiger partial charge >= 0.3 is 0 Å². The van der Waals surface area contributed by atoms with Crippen LogP contribution in [0.25, 0.3) is 0 Å². The fraction of sp³-hybridized carbons (Fsp3) is 0.130. The molecule has 0 saturated carbocycles. The molecule has 3 aromatic carbocycles. The Balaban J connectivity index is 1.65. The Labute approximate surface area is 178 Å². The van der Waals surface area contributed by atoms with E-state index in [2.05, 4.69) is 26.6 Å². The normalized spacial score (nSPS) is 10.3. The standard InChI is InChI=1S/C23H21BrN2O3/c1-15-7-10-18(13-16(15)2)25-23(28)20-5-3-4-6-21(20)26-22(27)14-29-19-11-8-17(24)9-12-19/h3-13H,14H2,1-2H3,(H,25,28)(H,26,27). The smallest absolute Gasteiger partial charge is 0.262 e. The summed E-state index contributed by atoms with van der Waals surface area (Å²) in [6.07, 6.45) is 0. The molecule has 0 aliphatic carbocycles. The second-order valence-electron chi connectivity index (χ2n) is 6.59. The molecule has 2 amide bonds. The maximum Gasteiger partial charge on any atom is 0.262 e. The van der Waals surface area contributed by atoms with E-state index in [-0.39, 0.29) is 18.4 Å². The summed E-state index contributed by atoms with van der Waals surface area (Å²) in [4.78, 5) is 25.0. The number of aryl methyl sites for hydroxylation is 2. The fourth-order valence-corrected chi connectivity index (χ4v) is 2.94. The van der Waals surface area contributed by atoms with Crippen LogP contribution in [0.5, 0.6) is 5.75 Å². The summed E-state index contributed by atoms with van der Waals surface area (Å²) in [5.74, 6) is -0.0542. The van der Waals surface area contributed by atoms with E-state index in [4.69, 9.17) is 4.74 Å². The predicted molar refractivity (Wildman–Crippen MR) is 119 cm³/mol. The number of hydrogen-bond donors (Lipinski definition) is 2.